The van der Waals surface area contributed by atoms with Crippen LogP contribution in [0.15, 0.2) is 18.7 Å². The number of imidazole rings is 1. The normalized spacial score (nSPS) is 33.7. The zero-order chi connectivity index (χ0) is 20.2. The van der Waals surface area contributed by atoms with Gasteiger partial charge < -0.3 is 39.1 Å². The average Bonchev–Trinajstić information content (AvgIpc) is 3.06. The molecule has 1 fully saturated rings. The molecule has 156 valence electrons. The molecule has 1 N–H and O–H groups in total. The van der Waals surface area contributed by atoms with E-state index in [1.807, 2.05) is 17.7 Å². The summed E-state index contributed by atoms with van der Waals surface area (Å²) in [7, 11) is -10.00. The van der Waals surface area contributed by atoms with E-state index in [0.29, 0.717) is 12.7 Å². The van der Waals surface area contributed by atoms with Crippen molar-refractivity contribution in [2.24, 2.45) is 0 Å². The second kappa shape index (κ2) is 9.05. The Morgan fingerprint density at radius 3 is 2.44 bits per heavy atom. The van der Waals surface area contributed by atoms with Gasteiger partial charge in [0.2, 0.25) is 0 Å². The van der Waals surface area contributed by atoms with Crippen molar-refractivity contribution < 1.29 is 34.5 Å². The summed E-state index contributed by atoms with van der Waals surface area (Å²) >= 11 is 0. The Morgan fingerprint density at radius 1 is 1.19 bits per heavy atom. The molecule has 2 heterocycles. The van der Waals surface area contributed by atoms with Gasteiger partial charge in [0.05, 0.1) is 6.33 Å². The molecule has 1 saturated heterocycles. The van der Waals surface area contributed by atoms with Crippen molar-refractivity contribution in [3.05, 3.63) is 18.7 Å². The van der Waals surface area contributed by atoms with Gasteiger partial charge in [-0.15, -0.1) is 0 Å². The standard InChI is InChI=1S/C13H30N2O8Si4/c1-7-19-27(12-8-10-15-11-9-14-13-15)22-25(5,18-3)21-26(6,23-27)20-24(4,16)17-2/h9,11,13,16H,7-8,10,12H2,1-6H3. The van der Waals surface area contributed by atoms with Gasteiger partial charge in [0.1, 0.15) is 0 Å². The van der Waals surface area contributed by atoms with E-state index in [4.69, 9.17) is 29.7 Å². The first kappa shape index (κ1) is 23.0. The molecule has 1 aromatic rings. The van der Waals surface area contributed by atoms with E-state index in [9.17, 15) is 4.80 Å². The van der Waals surface area contributed by atoms with Crippen molar-refractivity contribution in [2.75, 3.05) is 20.8 Å². The quantitative estimate of drug-likeness (QED) is 0.524. The van der Waals surface area contributed by atoms with Crippen molar-refractivity contribution in [2.45, 2.75) is 45.6 Å². The Bertz CT molecular complexity index is 593. The molecule has 0 aromatic carbocycles. The Morgan fingerprint density at radius 2 is 1.89 bits per heavy atom. The highest BCUT2D eigenvalue weighted by Gasteiger charge is 2.65. The molecule has 0 aliphatic carbocycles. The fraction of sp³-hybridized carbons (Fsp3) is 0.769. The van der Waals surface area contributed by atoms with E-state index in [2.05, 4.69) is 4.98 Å². The number of hydrogen-bond acceptors (Lipinski definition) is 9. The minimum absolute atomic E-state index is 0.425. The lowest BCUT2D eigenvalue weighted by molar-refractivity contribution is 0.0349. The van der Waals surface area contributed by atoms with E-state index in [1.165, 1.54) is 20.8 Å². The number of aromatic nitrogens is 2. The third-order valence-electron chi connectivity index (χ3n) is 4.00. The molecule has 14 heteroatoms. The highest BCUT2D eigenvalue weighted by molar-refractivity contribution is 6.90. The molecule has 2 rings (SSSR count). The summed E-state index contributed by atoms with van der Waals surface area (Å²) in [5.74, 6) is 0. The number of hydrogen-bond donors (Lipinski definition) is 1. The Kier molecular flexibility index (Phi) is 7.73. The fourth-order valence-electron chi connectivity index (χ4n) is 2.83. The first-order valence-electron chi connectivity index (χ1n) is 8.82. The topological polar surface area (TPSA) is 103 Å². The molecule has 0 saturated carbocycles. The highest BCUT2D eigenvalue weighted by Crippen LogP contribution is 2.36. The first-order chi connectivity index (χ1) is 12.6. The number of rotatable bonds is 10. The van der Waals surface area contributed by atoms with Crippen LogP contribution in [0.4, 0.5) is 0 Å². The molecule has 10 nitrogen and oxygen atoms in total. The van der Waals surface area contributed by atoms with E-state index >= 15 is 0 Å². The molecule has 0 bridgehead atoms. The van der Waals surface area contributed by atoms with Crippen LogP contribution in [0.5, 0.6) is 0 Å². The Labute approximate surface area is 164 Å². The van der Waals surface area contributed by atoms with Gasteiger partial charge in [0.15, 0.2) is 0 Å². The largest absolute Gasteiger partial charge is 0.487 e. The monoisotopic (exact) mass is 454 g/mol. The summed E-state index contributed by atoms with van der Waals surface area (Å²) in [6, 6.07) is 0.566. The summed E-state index contributed by atoms with van der Waals surface area (Å²) < 4.78 is 43.1. The van der Waals surface area contributed by atoms with E-state index in [1.54, 1.807) is 25.6 Å². The van der Waals surface area contributed by atoms with Gasteiger partial charge in [-0.05, 0) is 13.3 Å². The number of aryl methyl sites for hydroxylation is 1. The minimum atomic E-state index is -3.40. The molecule has 0 amide bonds. The second-order valence-electron chi connectivity index (χ2n) is 6.46. The van der Waals surface area contributed by atoms with Crippen molar-refractivity contribution in [3.63, 3.8) is 0 Å². The van der Waals surface area contributed by atoms with Crippen LogP contribution in [0.25, 0.3) is 0 Å². The lowest BCUT2D eigenvalue weighted by Crippen LogP contribution is -2.73. The summed E-state index contributed by atoms with van der Waals surface area (Å²) in [5.41, 5.74) is 0. The molecular formula is C13H30N2O8Si4. The van der Waals surface area contributed by atoms with Crippen LogP contribution < -0.4 is 0 Å². The van der Waals surface area contributed by atoms with Crippen molar-refractivity contribution >= 4 is 35.2 Å². The zero-order valence-corrected chi connectivity index (χ0v) is 20.8. The van der Waals surface area contributed by atoms with Gasteiger partial charge in [-0.1, -0.05) is 0 Å². The lowest BCUT2D eigenvalue weighted by atomic mass is 10.5. The van der Waals surface area contributed by atoms with Crippen LogP contribution in [0.3, 0.4) is 0 Å². The van der Waals surface area contributed by atoms with Gasteiger partial charge in [-0.3, -0.25) is 0 Å². The van der Waals surface area contributed by atoms with Crippen molar-refractivity contribution in [3.8, 4) is 0 Å². The molecule has 1 aliphatic heterocycles. The smallest absolute Gasteiger partial charge is 0.390 e. The zero-order valence-electron chi connectivity index (χ0n) is 16.8. The maximum atomic E-state index is 10.4. The summed E-state index contributed by atoms with van der Waals surface area (Å²) in [6.07, 6.45) is 6.16. The molecule has 4 atom stereocenters. The van der Waals surface area contributed by atoms with Gasteiger partial charge in [-0.2, -0.15) is 0 Å². The maximum Gasteiger partial charge on any atom is 0.487 e. The second-order valence-corrected chi connectivity index (χ2v) is 17.9. The third kappa shape index (κ3) is 6.37. The molecule has 1 aliphatic rings. The molecular weight excluding hydrogens is 424 g/mol. The first-order valence-corrected chi connectivity index (χ1v) is 17.5. The van der Waals surface area contributed by atoms with Crippen LogP contribution in [-0.2, 0) is 36.3 Å². The van der Waals surface area contributed by atoms with Crippen LogP contribution in [0.1, 0.15) is 13.3 Å². The molecule has 0 spiro atoms. The van der Waals surface area contributed by atoms with Crippen LogP contribution in [0.2, 0.25) is 25.7 Å². The fourth-order valence-corrected chi connectivity index (χ4v) is 19.0. The SMILES string of the molecule is CCO[Si]1(CCCn2ccnc2)O[Si](C)(OC)O[Si](C)(O[Si](C)(O)OC)O1. The summed E-state index contributed by atoms with van der Waals surface area (Å²) in [6.45, 7) is 8.08. The van der Waals surface area contributed by atoms with E-state index in [-0.39, 0.29) is 0 Å². The minimum Gasteiger partial charge on any atom is -0.390 e. The summed E-state index contributed by atoms with van der Waals surface area (Å²) in [5, 5.41) is 0. The predicted molar refractivity (Wildman–Crippen MR) is 104 cm³/mol. The van der Waals surface area contributed by atoms with Gasteiger partial charge >= 0.3 is 35.2 Å². The molecule has 27 heavy (non-hydrogen) atoms. The van der Waals surface area contributed by atoms with Crippen LogP contribution in [0, 0.1) is 0 Å². The lowest BCUT2D eigenvalue weighted by Gasteiger charge is -2.48. The molecule has 1 aromatic heterocycles. The highest BCUT2D eigenvalue weighted by atomic mass is 28.6. The predicted octanol–water partition coefficient (Wildman–Crippen LogP) is 1.32. The van der Waals surface area contributed by atoms with Gasteiger partial charge in [-0.25, -0.2) is 4.98 Å². The Balaban J connectivity index is 2.21. The third-order valence-corrected chi connectivity index (χ3v) is 18.6. The van der Waals surface area contributed by atoms with Gasteiger partial charge in [0, 0.05) is 65.5 Å². The maximum absolute atomic E-state index is 10.4. The molecule has 4 unspecified atom stereocenters. The van der Waals surface area contributed by atoms with Crippen LogP contribution in [-0.4, -0.2) is 70.4 Å². The summed E-state index contributed by atoms with van der Waals surface area (Å²) in [4.78, 5) is 14.4. The molecule has 0 radical (unpaired) electrons. The Hall–Kier alpha value is -0.242. The average molecular weight is 455 g/mol. The van der Waals surface area contributed by atoms with E-state index < -0.39 is 35.2 Å². The van der Waals surface area contributed by atoms with Gasteiger partial charge in [0.25, 0.3) is 0 Å². The van der Waals surface area contributed by atoms with E-state index in [0.717, 1.165) is 13.0 Å². The van der Waals surface area contributed by atoms with Crippen LogP contribution >= 0.6 is 0 Å². The number of nitrogens with zero attached hydrogens (tertiary/aromatic N) is 2. The van der Waals surface area contributed by atoms with Crippen molar-refractivity contribution in [1.82, 2.24) is 9.55 Å². The van der Waals surface area contributed by atoms with Crippen molar-refractivity contribution in [1.29, 1.82) is 0 Å².